The number of carbonyl (C=O) groups excluding carboxylic acids is 1. The Morgan fingerprint density at radius 1 is 1.67 bits per heavy atom. The largest absolute Gasteiger partial charge is 0.347 e. The summed E-state index contributed by atoms with van der Waals surface area (Å²) in [6.45, 7) is 7.85. The van der Waals surface area contributed by atoms with Gasteiger partial charge in [0.15, 0.2) is 0 Å². The number of nitrogens with zero attached hydrogens (tertiary/aromatic N) is 1. The average Bonchev–Trinajstić information content (AvgIpc) is 2.77. The third-order valence-corrected chi connectivity index (χ3v) is 4.60. The summed E-state index contributed by atoms with van der Waals surface area (Å²) in [6, 6.07) is -0.00467. The SMILES string of the molecule is Cc1cnc(C(C)NC(=O)C2(C)CCCNC2)s1. The van der Waals surface area contributed by atoms with Crippen molar-refractivity contribution in [2.24, 2.45) is 5.41 Å². The van der Waals surface area contributed by atoms with Gasteiger partial charge in [0.2, 0.25) is 5.91 Å². The average molecular weight is 267 g/mol. The molecule has 0 aromatic carbocycles. The van der Waals surface area contributed by atoms with Gasteiger partial charge in [0.05, 0.1) is 11.5 Å². The third-order valence-electron chi connectivity index (χ3n) is 3.50. The van der Waals surface area contributed by atoms with E-state index < -0.39 is 0 Å². The van der Waals surface area contributed by atoms with E-state index in [2.05, 4.69) is 15.6 Å². The lowest BCUT2D eigenvalue weighted by Gasteiger charge is -2.33. The summed E-state index contributed by atoms with van der Waals surface area (Å²) in [6.07, 6.45) is 3.87. The van der Waals surface area contributed by atoms with Crippen LogP contribution >= 0.6 is 11.3 Å². The molecule has 0 spiro atoms. The molecule has 1 fully saturated rings. The Hall–Kier alpha value is -0.940. The molecule has 5 heteroatoms. The van der Waals surface area contributed by atoms with Crippen LogP contribution in [0.2, 0.25) is 0 Å². The van der Waals surface area contributed by atoms with Gasteiger partial charge in [0, 0.05) is 17.6 Å². The van der Waals surface area contributed by atoms with Crippen molar-refractivity contribution in [3.05, 3.63) is 16.1 Å². The second-order valence-electron chi connectivity index (χ2n) is 5.35. The molecule has 18 heavy (non-hydrogen) atoms. The zero-order valence-corrected chi connectivity index (χ0v) is 12.1. The minimum atomic E-state index is -0.279. The van der Waals surface area contributed by atoms with Crippen LogP contribution in [0.1, 0.15) is 42.6 Å². The fourth-order valence-electron chi connectivity index (χ4n) is 2.25. The number of amides is 1. The monoisotopic (exact) mass is 267 g/mol. The summed E-state index contributed by atoms with van der Waals surface area (Å²) >= 11 is 1.64. The Kier molecular flexibility index (Phi) is 4.02. The van der Waals surface area contributed by atoms with E-state index in [1.54, 1.807) is 11.3 Å². The molecule has 0 saturated carbocycles. The highest BCUT2D eigenvalue weighted by molar-refractivity contribution is 7.11. The van der Waals surface area contributed by atoms with Crippen LogP contribution in [0.25, 0.3) is 0 Å². The molecule has 2 unspecified atom stereocenters. The van der Waals surface area contributed by atoms with Crippen LogP contribution in [-0.2, 0) is 4.79 Å². The number of aryl methyl sites for hydroxylation is 1. The van der Waals surface area contributed by atoms with E-state index in [1.807, 2.05) is 27.0 Å². The van der Waals surface area contributed by atoms with Gasteiger partial charge in [-0.3, -0.25) is 4.79 Å². The summed E-state index contributed by atoms with van der Waals surface area (Å²) in [5, 5.41) is 7.37. The number of aromatic nitrogens is 1. The topological polar surface area (TPSA) is 54.0 Å². The van der Waals surface area contributed by atoms with Crippen LogP contribution in [-0.4, -0.2) is 24.0 Å². The molecule has 2 atom stereocenters. The molecule has 2 rings (SSSR count). The number of rotatable bonds is 3. The van der Waals surface area contributed by atoms with Crippen LogP contribution in [0.5, 0.6) is 0 Å². The Balaban J connectivity index is 1.98. The number of piperidine rings is 1. The van der Waals surface area contributed by atoms with Crippen molar-refractivity contribution in [2.45, 2.75) is 39.7 Å². The molecular formula is C13H21N3OS. The maximum atomic E-state index is 12.3. The Bertz CT molecular complexity index is 424. The predicted molar refractivity (Wildman–Crippen MR) is 73.6 cm³/mol. The number of carbonyl (C=O) groups is 1. The van der Waals surface area contributed by atoms with E-state index in [4.69, 9.17) is 0 Å². The van der Waals surface area contributed by atoms with Crippen molar-refractivity contribution in [3.8, 4) is 0 Å². The van der Waals surface area contributed by atoms with Gasteiger partial charge < -0.3 is 10.6 Å². The van der Waals surface area contributed by atoms with Crippen molar-refractivity contribution in [1.82, 2.24) is 15.6 Å². The zero-order chi connectivity index (χ0) is 13.2. The first-order chi connectivity index (χ1) is 8.51. The molecule has 100 valence electrons. The number of thiazole rings is 1. The summed E-state index contributed by atoms with van der Waals surface area (Å²) in [5.41, 5.74) is -0.279. The molecule has 1 aromatic heterocycles. The summed E-state index contributed by atoms with van der Waals surface area (Å²) in [5.74, 6) is 0.134. The van der Waals surface area contributed by atoms with E-state index >= 15 is 0 Å². The lowest BCUT2D eigenvalue weighted by atomic mass is 9.82. The Morgan fingerprint density at radius 3 is 3.00 bits per heavy atom. The molecule has 1 aromatic rings. The minimum Gasteiger partial charge on any atom is -0.347 e. The number of nitrogens with one attached hydrogen (secondary N) is 2. The molecule has 0 radical (unpaired) electrons. The molecule has 1 aliphatic heterocycles. The first kappa shape index (κ1) is 13.5. The van der Waals surface area contributed by atoms with Crippen LogP contribution in [0.3, 0.4) is 0 Å². The molecular weight excluding hydrogens is 246 g/mol. The summed E-state index contributed by atoms with van der Waals surface area (Å²) < 4.78 is 0. The molecule has 0 aliphatic carbocycles. The van der Waals surface area contributed by atoms with Gasteiger partial charge in [-0.15, -0.1) is 11.3 Å². The van der Waals surface area contributed by atoms with Gasteiger partial charge in [-0.25, -0.2) is 4.98 Å². The zero-order valence-electron chi connectivity index (χ0n) is 11.2. The van der Waals surface area contributed by atoms with Crippen molar-refractivity contribution >= 4 is 17.2 Å². The normalized spacial score (nSPS) is 25.7. The van der Waals surface area contributed by atoms with E-state index in [0.717, 1.165) is 30.9 Å². The van der Waals surface area contributed by atoms with Gasteiger partial charge >= 0.3 is 0 Å². The maximum Gasteiger partial charge on any atom is 0.227 e. The van der Waals surface area contributed by atoms with E-state index in [0.29, 0.717) is 0 Å². The van der Waals surface area contributed by atoms with Crippen molar-refractivity contribution < 1.29 is 4.79 Å². The van der Waals surface area contributed by atoms with Crippen LogP contribution in [0.4, 0.5) is 0 Å². The van der Waals surface area contributed by atoms with Crippen molar-refractivity contribution in [2.75, 3.05) is 13.1 Å². The van der Waals surface area contributed by atoms with Gasteiger partial charge in [-0.05, 0) is 40.2 Å². The number of hydrogen-bond donors (Lipinski definition) is 2. The molecule has 1 amide bonds. The van der Waals surface area contributed by atoms with Crippen LogP contribution in [0.15, 0.2) is 6.20 Å². The Labute approximate surface area is 112 Å². The highest BCUT2D eigenvalue weighted by Crippen LogP contribution is 2.27. The third kappa shape index (κ3) is 2.90. The highest BCUT2D eigenvalue weighted by atomic mass is 32.1. The van der Waals surface area contributed by atoms with E-state index in [1.165, 1.54) is 4.88 Å². The second kappa shape index (κ2) is 5.36. The lowest BCUT2D eigenvalue weighted by Crippen LogP contribution is -2.49. The van der Waals surface area contributed by atoms with Crippen molar-refractivity contribution in [1.29, 1.82) is 0 Å². The second-order valence-corrected chi connectivity index (χ2v) is 6.61. The smallest absolute Gasteiger partial charge is 0.227 e. The van der Waals surface area contributed by atoms with Crippen molar-refractivity contribution in [3.63, 3.8) is 0 Å². The van der Waals surface area contributed by atoms with Crippen LogP contribution < -0.4 is 10.6 Å². The van der Waals surface area contributed by atoms with Crippen LogP contribution in [0, 0.1) is 12.3 Å². The van der Waals surface area contributed by atoms with E-state index in [9.17, 15) is 4.79 Å². The molecule has 4 nitrogen and oxygen atoms in total. The molecule has 2 heterocycles. The highest BCUT2D eigenvalue weighted by Gasteiger charge is 2.35. The Morgan fingerprint density at radius 2 is 2.44 bits per heavy atom. The number of hydrogen-bond acceptors (Lipinski definition) is 4. The van der Waals surface area contributed by atoms with Gasteiger partial charge in [-0.2, -0.15) is 0 Å². The molecule has 2 N–H and O–H groups in total. The fourth-order valence-corrected chi connectivity index (χ4v) is 3.03. The predicted octanol–water partition coefficient (Wildman–Crippen LogP) is 2.02. The maximum absolute atomic E-state index is 12.3. The van der Waals surface area contributed by atoms with E-state index in [-0.39, 0.29) is 17.4 Å². The first-order valence-corrected chi connectivity index (χ1v) is 7.27. The fraction of sp³-hybridized carbons (Fsp3) is 0.692. The minimum absolute atomic E-state index is 0.00467. The first-order valence-electron chi connectivity index (χ1n) is 6.45. The van der Waals surface area contributed by atoms with Gasteiger partial charge in [0.1, 0.15) is 5.01 Å². The summed E-state index contributed by atoms with van der Waals surface area (Å²) in [4.78, 5) is 17.8. The van der Waals surface area contributed by atoms with Gasteiger partial charge in [-0.1, -0.05) is 0 Å². The quantitative estimate of drug-likeness (QED) is 0.881. The summed E-state index contributed by atoms with van der Waals surface area (Å²) in [7, 11) is 0. The standard InChI is InChI=1S/C13H21N3OS/c1-9-7-15-11(18-9)10(2)16-12(17)13(3)5-4-6-14-8-13/h7,10,14H,4-6,8H2,1-3H3,(H,16,17). The molecule has 1 aliphatic rings. The molecule has 0 bridgehead atoms. The lowest BCUT2D eigenvalue weighted by molar-refractivity contribution is -0.131. The molecule has 1 saturated heterocycles. The van der Waals surface area contributed by atoms with Gasteiger partial charge in [0.25, 0.3) is 0 Å².